The summed E-state index contributed by atoms with van der Waals surface area (Å²) in [4.78, 5) is 27.0. The Labute approximate surface area is 163 Å². The number of carbonyl (C=O) groups excluding carboxylic acids is 2. The van der Waals surface area contributed by atoms with Gasteiger partial charge in [-0.05, 0) is 44.9 Å². The van der Waals surface area contributed by atoms with Crippen molar-refractivity contribution in [2.75, 3.05) is 12.1 Å². The summed E-state index contributed by atoms with van der Waals surface area (Å²) in [6.07, 6.45) is 0.879. The van der Waals surface area contributed by atoms with Crippen LogP contribution in [0.4, 0.5) is 5.69 Å². The molecule has 3 heterocycles. The number of aryl methyl sites for hydroxylation is 2. The lowest BCUT2D eigenvalue weighted by Gasteiger charge is -2.24. The number of hydrogen-bond acceptors (Lipinski definition) is 5. The highest BCUT2D eigenvalue weighted by Crippen LogP contribution is 2.34. The molecule has 1 aromatic heterocycles. The highest BCUT2D eigenvalue weighted by atomic mass is 16.7. The summed E-state index contributed by atoms with van der Waals surface area (Å²) in [5, 5.41) is 7.43. The van der Waals surface area contributed by atoms with Crippen LogP contribution in [-0.4, -0.2) is 39.3 Å². The number of amides is 2. The molecule has 1 unspecified atom stereocenters. The molecule has 0 radical (unpaired) electrons. The van der Waals surface area contributed by atoms with Gasteiger partial charge >= 0.3 is 0 Å². The summed E-state index contributed by atoms with van der Waals surface area (Å²) in [5.41, 5.74) is 3.33. The van der Waals surface area contributed by atoms with Crippen LogP contribution < -0.4 is 14.8 Å². The molecular formula is C20H24N4O4. The van der Waals surface area contributed by atoms with Gasteiger partial charge in [0.25, 0.3) is 0 Å². The van der Waals surface area contributed by atoms with E-state index < -0.39 is 6.04 Å². The molecule has 1 atom stereocenters. The van der Waals surface area contributed by atoms with Gasteiger partial charge in [0.1, 0.15) is 6.04 Å². The minimum atomic E-state index is -0.498. The minimum absolute atomic E-state index is 0.0180. The van der Waals surface area contributed by atoms with E-state index in [1.807, 2.05) is 43.7 Å². The maximum atomic E-state index is 13.0. The number of fused-ring (bicyclic) bond motifs is 1. The van der Waals surface area contributed by atoms with Crippen LogP contribution in [0.15, 0.2) is 18.2 Å². The molecule has 8 nitrogen and oxygen atoms in total. The molecular weight excluding hydrogens is 360 g/mol. The van der Waals surface area contributed by atoms with Crippen molar-refractivity contribution >= 4 is 17.5 Å². The van der Waals surface area contributed by atoms with Crippen molar-refractivity contribution in [1.82, 2.24) is 14.7 Å². The van der Waals surface area contributed by atoms with Crippen molar-refractivity contribution in [1.29, 1.82) is 0 Å². The quantitative estimate of drug-likeness (QED) is 0.855. The van der Waals surface area contributed by atoms with Gasteiger partial charge in [0, 0.05) is 19.5 Å². The lowest BCUT2D eigenvalue weighted by molar-refractivity contribution is -0.133. The summed E-state index contributed by atoms with van der Waals surface area (Å²) >= 11 is 0. The second-order valence-electron chi connectivity index (χ2n) is 7.11. The van der Waals surface area contributed by atoms with Crippen molar-refractivity contribution in [3.05, 3.63) is 35.2 Å². The Morgan fingerprint density at radius 3 is 2.82 bits per heavy atom. The van der Waals surface area contributed by atoms with E-state index in [0.717, 1.165) is 29.2 Å². The Morgan fingerprint density at radius 1 is 1.29 bits per heavy atom. The van der Waals surface area contributed by atoms with E-state index in [4.69, 9.17) is 9.47 Å². The molecule has 0 aliphatic carbocycles. The number of benzene rings is 1. The third kappa shape index (κ3) is 3.19. The fourth-order valence-corrected chi connectivity index (χ4v) is 3.83. The van der Waals surface area contributed by atoms with Crippen molar-refractivity contribution in [3.63, 3.8) is 0 Å². The van der Waals surface area contributed by atoms with Gasteiger partial charge in [0.2, 0.25) is 18.6 Å². The average molecular weight is 384 g/mol. The van der Waals surface area contributed by atoms with Crippen LogP contribution in [0.2, 0.25) is 0 Å². The number of nitrogens with one attached hydrogen (secondary N) is 1. The zero-order valence-corrected chi connectivity index (χ0v) is 16.3. The van der Waals surface area contributed by atoms with Gasteiger partial charge in [0.15, 0.2) is 11.5 Å². The number of nitrogens with zero attached hydrogens (tertiary/aromatic N) is 3. The molecule has 2 aromatic rings. The molecule has 8 heteroatoms. The minimum Gasteiger partial charge on any atom is -0.454 e. The van der Waals surface area contributed by atoms with Crippen molar-refractivity contribution < 1.29 is 19.1 Å². The summed E-state index contributed by atoms with van der Waals surface area (Å²) in [5.74, 6) is 1.18. The van der Waals surface area contributed by atoms with Gasteiger partial charge < -0.3 is 19.7 Å². The van der Waals surface area contributed by atoms with E-state index in [-0.39, 0.29) is 18.6 Å². The van der Waals surface area contributed by atoms with Crippen LogP contribution in [0.1, 0.15) is 36.7 Å². The summed E-state index contributed by atoms with van der Waals surface area (Å²) < 4.78 is 12.6. The molecule has 148 valence electrons. The first kappa shape index (κ1) is 18.3. The van der Waals surface area contributed by atoms with Crippen LogP contribution in [0, 0.1) is 13.8 Å². The van der Waals surface area contributed by atoms with Gasteiger partial charge in [0.05, 0.1) is 17.1 Å². The number of hydrogen-bond donors (Lipinski definition) is 1. The normalized spacial score (nSPS) is 18.0. The Kier molecular flexibility index (Phi) is 4.70. The van der Waals surface area contributed by atoms with Crippen LogP contribution in [-0.2, 0) is 22.7 Å². The van der Waals surface area contributed by atoms with Crippen molar-refractivity contribution in [2.24, 2.45) is 0 Å². The number of ether oxygens (including phenoxy) is 2. The third-order valence-corrected chi connectivity index (χ3v) is 5.35. The highest BCUT2D eigenvalue weighted by molar-refractivity contribution is 5.99. The van der Waals surface area contributed by atoms with Gasteiger partial charge in [-0.25, -0.2) is 0 Å². The van der Waals surface area contributed by atoms with E-state index in [1.54, 1.807) is 4.90 Å². The smallest absolute Gasteiger partial charge is 0.247 e. The highest BCUT2D eigenvalue weighted by Gasteiger charge is 2.36. The van der Waals surface area contributed by atoms with Gasteiger partial charge in [-0.3, -0.25) is 14.3 Å². The molecule has 28 heavy (non-hydrogen) atoms. The first-order valence-electron chi connectivity index (χ1n) is 9.50. The molecule has 2 aliphatic rings. The lowest BCUT2D eigenvalue weighted by Crippen LogP contribution is -2.41. The largest absolute Gasteiger partial charge is 0.454 e. The average Bonchev–Trinajstić information content (AvgIpc) is 3.36. The summed E-state index contributed by atoms with van der Waals surface area (Å²) in [6.45, 7) is 7.12. The first-order chi connectivity index (χ1) is 13.5. The van der Waals surface area contributed by atoms with Gasteiger partial charge in [-0.1, -0.05) is 6.07 Å². The number of carbonyl (C=O) groups is 2. The second kappa shape index (κ2) is 7.18. The van der Waals surface area contributed by atoms with Crippen molar-refractivity contribution in [2.45, 2.75) is 52.7 Å². The molecule has 1 aromatic carbocycles. The van der Waals surface area contributed by atoms with E-state index in [2.05, 4.69) is 10.4 Å². The Hall–Kier alpha value is -3.03. The molecule has 2 aliphatic heterocycles. The number of likely N-dealkylation sites (tertiary alicyclic amines) is 1. The van der Waals surface area contributed by atoms with E-state index in [1.165, 1.54) is 0 Å². The van der Waals surface area contributed by atoms with E-state index in [0.29, 0.717) is 30.9 Å². The predicted molar refractivity (Wildman–Crippen MR) is 102 cm³/mol. The topological polar surface area (TPSA) is 85.7 Å². The molecule has 2 amide bonds. The SMILES string of the molecule is CCn1nc(C)c(NC(=O)C2CCC(=O)N2Cc2ccc3c(c2)OCO3)c1C. The zero-order valence-electron chi connectivity index (χ0n) is 16.3. The van der Waals surface area contributed by atoms with E-state index >= 15 is 0 Å². The zero-order chi connectivity index (χ0) is 19.8. The standard InChI is InChI=1S/C20H24N4O4/c1-4-24-13(3)19(12(2)22-24)21-20(26)15-6-8-18(25)23(15)10-14-5-7-16-17(9-14)28-11-27-16/h5,7,9,15H,4,6,8,10-11H2,1-3H3,(H,21,26). The molecule has 0 spiro atoms. The Morgan fingerprint density at radius 2 is 2.07 bits per heavy atom. The van der Waals surface area contributed by atoms with Gasteiger partial charge in [-0.15, -0.1) is 0 Å². The predicted octanol–water partition coefficient (Wildman–Crippen LogP) is 2.38. The van der Waals surface area contributed by atoms with Crippen molar-refractivity contribution in [3.8, 4) is 11.5 Å². The lowest BCUT2D eigenvalue weighted by atomic mass is 10.1. The maximum absolute atomic E-state index is 13.0. The monoisotopic (exact) mass is 384 g/mol. The molecule has 4 rings (SSSR count). The number of anilines is 1. The first-order valence-corrected chi connectivity index (χ1v) is 9.50. The number of aromatic nitrogens is 2. The van der Waals surface area contributed by atoms with Crippen LogP contribution in [0.25, 0.3) is 0 Å². The van der Waals surface area contributed by atoms with Crippen LogP contribution in [0.5, 0.6) is 11.5 Å². The maximum Gasteiger partial charge on any atom is 0.247 e. The second-order valence-corrected chi connectivity index (χ2v) is 7.11. The van der Waals surface area contributed by atoms with Crippen LogP contribution >= 0.6 is 0 Å². The third-order valence-electron chi connectivity index (χ3n) is 5.35. The van der Waals surface area contributed by atoms with Gasteiger partial charge in [-0.2, -0.15) is 5.10 Å². The summed E-state index contributed by atoms with van der Waals surface area (Å²) in [7, 11) is 0. The molecule has 1 N–H and O–H groups in total. The number of rotatable bonds is 5. The fourth-order valence-electron chi connectivity index (χ4n) is 3.83. The molecule has 0 bridgehead atoms. The summed E-state index contributed by atoms with van der Waals surface area (Å²) in [6, 6.07) is 5.09. The Bertz CT molecular complexity index is 937. The molecule has 1 saturated heterocycles. The molecule has 0 saturated carbocycles. The van der Waals surface area contributed by atoms with Crippen LogP contribution in [0.3, 0.4) is 0 Å². The molecule has 1 fully saturated rings. The van der Waals surface area contributed by atoms with E-state index in [9.17, 15) is 9.59 Å². The fraction of sp³-hybridized carbons (Fsp3) is 0.450. The Balaban J connectivity index is 1.51.